The van der Waals surface area contributed by atoms with Gasteiger partial charge in [0.25, 0.3) is 5.91 Å². The largest absolute Gasteiger partial charge is 0.453 e. The minimum Gasteiger partial charge on any atom is -0.453 e. The molecule has 0 radical (unpaired) electrons. The van der Waals surface area contributed by atoms with Gasteiger partial charge in [-0.3, -0.25) is 14.9 Å². The molecule has 29 heavy (non-hydrogen) atoms. The van der Waals surface area contributed by atoms with Crippen LogP contribution in [0.4, 0.5) is 13.9 Å². The van der Waals surface area contributed by atoms with Gasteiger partial charge >= 0.3 is 5.97 Å². The normalized spacial score (nSPS) is 11.7. The summed E-state index contributed by atoms with van der Waals surface area (Å²) >= 11 is 1.13. The maximum absolute atomic E-state index is 13.4. The molecule has 5 nitrogen and oxygen atoms in total. The van der Waals surface area contributed by atoms with Crippen molar-refractivity contribution in [2.24, 2.45) is 0 Å². The second kappa shape index (κ2) is 9.38. The van der Waals surface area contributed by atoms with Gasteiger partial charge in [0.2, 0.25) is 0 Å². The van der Waals surface area contributed by atoms with E-state index in [1.165, 1.54) is 13.0 Å². The van der Waals surface area contributed by atoms with Gasteiger partial charge in [-0.05, 0) is 37.1 Å². The number of aromatic nitrogens is 1. The van der Waals surface area contributed by atoms with Crippen molar-refractivity contribution in [3.63, 3.8) is 0 Å². The summed E-state index contributed by atoms with van der Waals surface area (Å²) in [5.74, 6) is -2.92. The van der Waals surface area contributed by atoms with Crippen molar-refractivity contribution >= 4 is 28.3 Å². The Hall–Kier alpha value is -3.13. The summed E-state index contributed by atoms with van der Waals surface area (Å²) in [6.07, 6.45) is -0.300. The average Bonchev–Trinajstić information content (AvgIpc) is 3.17. The van der Waals surface area contributed by atoms with Gasteiger partial charge < -0.3 is 4.74 Å². The molecule has 0 aliphatic carbocycles. The lowest BCUT2D eigenvalue weighted by Crippen LogP contribution is -2.30. The number of aryl methyl sites for hydroxylation is 1. The Bertz CT molecular complexity index is 1010. The molecule has 0 aliphatic heterocycles. The molecule has 0 aliphatic rings. The lowest BCUT2D eigenvalue weighted by Gasteiger charge is -2.12. The third-order valence-corrected chi connectivity index (χ3v) is 4.85. The summed E-state index contributed by atoms with van der Waals surface area (Å²) in [4.78, 5) is 28.4. The average molecular weight is 416 g/mol. The standard InChI is InChI=1S/C21H18F2N2O3S/c1-13(28-19(26)10-7-14-5-3-2-4-6-14)20(27)25-21-24-18(12-29-21)15-8-9-16(22)17(23)11-15/h2-6,8-9,11-13H,7,10H2,1H3,(H,24,25,27). The molecule has 2 aromatic carbocycles. The van der Waals surface area contributed by atoms with Crippen LogP contribution in [0.5, 0.6) is 0 Å². The van der Waals surface area contributed by atoms with E-state index in [2.05, 4.69) is 10.3 Å². The van der Waals surface area contributed by atoms with Crippen LogP contribution in [0.1, 0.15) is 18.9 Å². The van der Waals surface area contributed by atoms with Gasteiger partial charge in [0.1, 0.15) is 0 Å². The highest BCUT2D eigenvalue weighted by Crippen LogP contribution is 2.26. The van der Waals surface area contributed by atoms with Crippen molar-refractivity contribution in [1.29, 1.82) is 0 Å². The first-order valence-electron chi connectivity index (χ1n) is 8.87. The number of halogens is 2. The van der Waals surface area contributed by atoms with Crippen molar-refractivity contribution in [2.75, 3.05) is 5.32 Å². The van der Waals surface area contributed by atoms with Crippen molar-refractivity contribution < 1.29 is 23.1 Å². The van der Waals surface area contributed by atoms with E-state index in [1.54, 1.807) is 5.38 Å². The Morgan fingerprint density at radius 2 is 1.90 bits per heavy atom. The number of esters is 1. The van der Waals surface area contributed by atoms with Crippen LogP contribution in [0.3, 0.4) is 0 Å². The van der Waals surface area contributed by atoms with Crippen LogP contribution in [0.2, 0.25) is 0 Å². The highest BCUT2D eigenvalue weighted by Gasteiger charge is 2.19. The highest BCUT2D eigenvalue weighted by molar-refractivity contribution is 7.14. The molecule has 1 amide bonds. The summed E-state index contributed by atoms with van der Waals surface area (Å²) < 4.78 is 31.6. The molecule has 0 spiro atoms. The molecule has 150 valence electrons. The monoisotopic (exact) mass is 416 g/mol. The molecule has 3 rings (SSSR count). The lowest BCUT2D eigenvalue weighted by molar-refractivity contribution is -0.153. The number of carbonyl (C=O) groups excluding carboxylic acids is 2. The van der Waals surface area contributed by atoms with E-state index < -0.39 is 29.6 Å². The van der Waals surface area contributed by atoms with Crippen LogP contribution in [-0.4, -0.2) is 23.0 Å². The van der Waals surface area contributed by atoms with Crippen LogP contribution in [0.25, 0.3) is 11.3 Å². The number of benzene rings is 2. The van der Waals surface area contributed by atoms with Crippen molar-refractivity contribution in [2.45, 2.75) is 25.9 Å². The van der Waals surface area contributed by atoms with Gasteiger partial charge in [-0.15, -0.1) is 11.3 Å². The predicted molar refractivity (Wildman–Crippen MR) is 106 cm³/mol. The van der Waals surface area contributed by atoms with E-state index in [0.717, 1.165) is 29.0 Å². The Labute approximate surface area is 170 Å². The Kier molecular flexibility index (Phi) is 6.66. The molecule has 1 unspecified atom stereocenters. The zero-order valence-electron chi connectivity index (χ0n) is 15.5. The maximum Gasteiger partial charge on any atom is 0.306 e. The summed E-state index contributed by atoms with van der Waals surface area (Å²) in [6, 6.07) is 12.9. The molecule has 0 saturated heterocycles. The molecule has 0 bridgehead atoms. The van der Waals surface area contributed by atoms with E-state index in [0.29, 0.717) is 17.7 Å². The van der Waals surface area contributed by atoms with Gasteiger partial charge in [-0.2, -0.15) is 0 Å². The van der Waals surface area contributed by atoms with Crippen LogP contribution >= 0.6 is 11.3 Å². The maximum atomic E-state index is 13.4. The fourth-order valence-electron chi connectivity index (χ4n) is 2.53. The van der Waals surface area contributed by atoms with Crippen LogP contribution in [0.15, 0.2) is 53.9 Å². The number of ether oxygens (including phenoxy) is 1. The second-order valence-corrected chi connectivity index (χ2v) is 7.13. The van der Waals surface area contributed by atoms with Crippen LogP contribution < -0.4 is 5.32 Å². The lowest BCUT2D eigenvalue weighted by atomic mass is 10.1. The molecular formula is C21H18F2N2O3S. The molecule has 3 aromatic rings. The number of anilines is 1. The number of thiazole rings is 1. The summed E-state index contributed by atoms with van der Waals surface area (Å²) in [7, 11) is 0. The van der Waals surface area contributed by atoms with Crippen molar-refractivity contribution in [3.8, 4) is 11.3 Å². The summed E-state index contributed by atoms with van der Waals surface area (Å²) in [6.45, 7) is 1.47. The highest BCUT2D eigenvalue weighted by atomic mass is 32.1. The number of amides is 1. The Morgan fingerprint density at radius 3 is 2.62 bits per heavy atom. The van der Waals surface area contributed by atoms with Gasteiger partial charge in [0.15, 0.2) is 22.9 Å². The molecule has 1 aromatic heterocycles. The minimum atomic E-state index is -0.992. The predicted octanol–water partition coefficient (Wildman–Crippen LogP) is 4.59. The zero-order chi connectivity index (χ0) is 20.8. The quantitative estimate of drug-likeness (QED) is 0.572. The summed E-state index contributed by atoms with van der Waals surface area (Å²) in [5, 5.41) is 4.44. The van der Waals surface area contributed by atoms with E-state index in [-0.39, 0.29) is 11.6 Å². The van der Waals surface area contributed by atoms with E-state index in [9.17, 15) is 18.4 Å². The fraction of sp³-hybridized carbons (Fsp3) is 0.190. The van der Waals surface area contributed by atoms with Gasteiger partial charge in [-0.25, -0.2) is 13.8 Å². The Morgan fingerprint density at radius 1 is 1.14 bits per heavy atom. The second-order valence-electron chi connectivity index (χ2n) is 6.27. The minimum absolute atomic E-state index is 0.166. The first-order valence-corrected chi connectivity index (χ1v) is 9.75. The third kappa shape index (κ3) is 5.68. The van der Waals surface area contributed by atoms with Gasteiger partial charge in [0, 0.05) is 17.4 Å². The molecule has 1 atom stereocenters. The number of carbonyl (C=O) groups is 2. The van der Waals surface area contributed by atoms with Crippen LogP contribution in [0, 0.1) is 11.6 Å². The van der Waals surface area contributed by atoms with Crippen molar-refractivity contribution in [1.82, 2.24) is 4.98 Å². The molecule has 1 heterocycles. The first kappa shape index (κ1) is 20.6. The molecular weight excluding hydrogens is 398 g/mol. The number of hydrogen-bond acceptors (Lipinski definition) is 5. The Balaban J connectivity index is 1.52. The van der Waals surface area contributed by atoms with E-state index in [1.807, 2.05) is 30.3 Å². The number of nitrogens with zero attached hydrogens (tertiary/aromatic N) is 1. The van der Waals surface area contributed by atoms with Gasteiger partial charge in [-0.1, -0.05) is 30.3 Å². The fourth-order valence-corrected chi connectivity index (χ4v) is 3.25. The summed E-state index contributed by atoms with van der Waals surface area (Å²) in [5.41, 5.74) is 1.80. The zero-order valence-corrected chi connectivity index (χ0v) is 16.3. The molecule has 1 N–H and O–H groups in total. The number of hydrogen-bond donors (Lipinski definition) is 1. The van der Waals surface area contributed by atoms with E-state index in [4.69, 9.17) is 4.74 Å². The smallest absolute Gasteiger partial charge is 0.306 e. The van der Waals surface area contributed by atoms with Gasteiger partial charge in [0.05, 0.1) is 5.69 Å². The third-order valence-electron chi connectivity index (χ3n) is 4.09. The molecule has 0 saturated carbocycles. The molecule has 0 fully saturated rings. The van der Waals surface area contributed by atoms with Crippen LogP contribution in [-0.2, 0) is 20.7 Å². The SMILES string of the molecule is CC(OC(=O)CCc1ccccc1)C(=O)Nc1nc(-c2ccc(F)c(F)c2)cs1. The first-order chi connectivity index (χ1) is 13.9. The van der Waals surface area contributed by atoms with E-state index >= 15 is 0 Å². The topological polar surface area (TPSA) is 68.3 Å². The van der Waals surface area contributed by atoms with Crippen molar-refractivity contribution in [3.05, 3.63) is 71.1 Å². The number of nitrogens with one attached hydrogen (secondary N) is 1. The molecule has 8 heteroatoms. The number of rotatable bonds is 7.